The molecule has 0 aliphatic carbocycles. The molecule has 112 valence electrons. The Morgan fingerprint density at radius 3 is 2.24 bits per heavy atom. The predicted octanol–water partition coefficient (Wildman–Crippen LogP) is 4.74. The minimum atomic E-state index is -4.09. The third-order valence-corrected chi connectivity index (χ3v) is 6.08. The number of benzene rings is 2. The van der Waals surface area contributed by atoms with E-state index in [0.717, 1.165) is 23.3 Å². The molecule has 21 heavy (non-hydrogen) atoms. The van der Waals surface area contributed by atoms with Crippen molar-refractivity contribution in [1.29, 1.82) is 0 Å². The molecule has 2 rings (SSSR count). The molecule has 7 heteroatoms. The summed E-state index contributed by atoms with van der Waals surface area (Å²) in [5.74, 6) is -0.308. The normalized spacial score (nSPS) is 11.5. The minimum Gasteiger partial charge on any atom is -0.379 e. The Labute approximate surface area is 139 Å². The van der Waals surface area contributed by atoms with Crippen molar-refractivity contribution in [3.05, 3.63) is 56.2 Å². The zero-order valence-electron chi connectivity index (χ0n) is 11.2. The van der Waals surface area contributed by atoms with E-state index >= 15 is 0 Å². The van der Waals surface area contributed by atoms with Crippen LogP contribution < -0.4 is 4.18 Å². The third kappa shape index (κ3) is 3.46. The van der Waals surface area contributed by atoms with Gasteiger partial charge in [-0.25, -0.2) is 4.39 Å². The van der Waals surface area contributed by atoms with Crippen LogP contribution in [0, 0.1) is 19.7 Å². The van der Waals surface area contributed by atoms with Gasteiger partial charge in [0.2, 0.25) is 0 Å². The van der Waals surface area contributed by atoms with E-state index in [1.807, 2.05) is 13.0 Å². The average molecular weight is 438 g/mol. The third-order valence-electron chi connectivity index (χ3n) is 2.97. The van der Waals surface area contributed by atoms with Crippen LogP contribution in [0.2, 0.25) is 0 Å². The molecule has 0 amide bonds. The van der Waals surface area contributed by atoms with E-state index in [1.165, 1.54) is 0 Å². The van der Waals surface area contributed by atoms with Crippen molar-refractivity contribution in [2.45, 2.75) is 18.7 Å². The van der Waals surface area contributed by atoms with E-state index in [-0.39, 0.29) is 19.6 Å². The van der Waals surface area contributed by atoms with E-state index in [4.69, 9.17) is 4.18 Å². The van der Waals surface area contributed by atoms with Crippen molar-refractivity contribution < 1.29 is 17.0 Å². The van der Waals surface area contributed by atoms with Gasteiger partial charge in [-0.2, -0.15) is 8.42 Å². The summed E-state index contributed by atoms with van der Waals surface area (Å²) in [5.41, 5.74) is 1.65. The number of halogens is 3. The van der Waals surface area contributed by atoms with Crippen LogP contribution in [0.25, 0.3) is 0 Å². The van der Waals surface area contributed by atoms with Crippen molar-refractivity contribution in [1.82, 2.24) is 0 Å². The van der Waals surface area contributed by atoms with Gasteiger partial charge in [0.05, 0.1) is 0 Å². The van der Waals surface area contributed by atoms with Crippen LogP contribution in [0.5, 0.6) is 5.75 Å². The van der Waals surface area contributed by atoms with Crippen LogP contribution in [-0.2, 0) is 10.1 Å². The van der Waals surface area contributed by atoms with E-state index < -0.39 is 15.9 Å². The molecule has 0 saturated heterocycles. The fourth-order valence-corrected chi connectivity index (χ4v) is 5.16. The molecular weight excluding hydrogens is 427 g/mol. The monoisotopic (exact) mass is 436 g/mol. The Morgan fingerprint density at radius 2 is 1.67 bits per heavy atom. The fourth-order valence-electron chi connectivity index (χ4n) is 1.74. The quantitative estimate of drug-likeness (QED) is 0.651. The Hall–Kier alpha value is -0.920. The zero-order chi connectivity index (χ0) is 15.8. The van der Waals surface area contributed by atoms with Crippen molar-refractivity contribution in [2.75, 3.05) is 0 Å². The fraction of sp³-hybridized carbons (Fsp3) is 0.143. The molecule has 0 N–H and O–H groups in total. The highest BCUT2D eigenvalue weighted by Crippen LogP contribution is 2.34. The predicted molar refractivity (Wildman–Crippen MR) is 85.5 cm³/mol. The molecule has 0 aromatic heterocycles. The number of hydrogen-bond acceptors (Lipinski definition) is 3. The molecule has 0 aliphatic rings. The maximum Gasteiger partial charge on any atom is 0.341 e. The van der Waals surface area contributed by atoms with Gasteiger partial charge in [0.25, 0.3) is 0 Å². The molecule has 0 heterocycles. The zero-order valence-corrected chi connectivity index (χ0v) is 15.1. The van der Waals surface area contributed by atoms with Gasteiger partial charge in [0.15, 0.2) is 0 Å². The lowest BCUT2D eigenvalue weighted by Gasteiger charge is -2.13. The molecule has 0 bridgehead atoms. The first kappa shape index (κ1) is 16.5. The summed E-state index contributed by atoms with van der Waals surface area (Å²) in [5, 5.41) is 0. The Morgan fingerprint density at radius 1 is 1.10 bits per heavy atom. The number of aryl methyl sites for hydroxylation is 1. The molecule has 0 spiro atoms. The molecule has 0 radical (unpaired) electrons. The van der Waals surface area contributed by atoms with Crippen LogP contribution in [0.1, 0.15) is 11.1 Å². The number of hydrogen-bond donors (Lipinski definition) is 0. The molecular formula is C14H11Br2FO3S. The summed E-state index contributed by atoms with van der Waals surface area (Å²) in [4.78, 5) is -0.148. The summed E-state index contributed by atoms with van der Waals surface area (Å²) in [6.07, 6.45) is 0. The molecule has 0 aliphatic heterocycles. The SMILES string of the molecule is Cc1cccc(OS(=O)(=O)c2c(Br)cc(F)cc2Br)c1C. The van der Waals surface area contributed by atoms with Gasteiger partial charge in [-0.1, -0.05) is 12.1 Å². The van der Waals surface area contributed by atoms with Gasteiger partial charge in [-0.3, -0.25) is 0 Å². The van der Waals surface area contributed by atoms with E-state index in [2.05, 4.69) is 31.9 Å². The highest BCUT2D eigenvalue weighted by Gasteiger charge is 2.25. The topological polar surface area (TPSA) is 43.4 Å². The first-order chi connectivity index (χ1) is 9.72. The lowest BCUT2D eigenvalue weighted by Crippen LogP contribution is -2.12. The molecule has 3 nitrogen and oxygen atoms in total. The highest BCUT2D eigenvalue weighted by atomic mass is 79.9. The minimum absolute atomic E-state index is 0.0969. The van der Waals surface area contributed by atoms with Crippen LogP contribution in [0.15, 0.2) is 44.2 Å². The van der Waals surface area contributed by atoms with E-state index in [9.17, 15) is 12.8 Å². The van der Waals surface area contributed by atoms with Crippen LogP contribution in [0.3, 0.4) is 0 Å². The summed E-state index contributed by atoms with van der Waals surface area (Å²) in [6.45, 7) is 3.63. The van der Waals surface area contributed by atoms with Gasteiger partial charge in [0, 0.05) is 8.95 Å². The second-order valence-corrected chi connectivity index (χ2v) is 7.63. The van der Waals surface area contributed by atoms with E-state index in [0.29, 0.717) is 0 Å². The van der Waals surface area contributed by atoms with Gasteiger partial charge >= 0.3 is 10.1 Å². The average Bonchev–Trinajstić information content (AvgIpc) is 2.33. The van der Waals surface area contributed by atoms with E-state index in [1.54, 1.807) is 19.1 Å². The Balaban J connectivity index is 2.51. The lowest BCUT2D eigenvalue weighted by atomic mass is 10.1. The summed E-state index contributed by atoms with van der Waals surface area (Å²) in [7, 11) is -4.09. The second-order valence-electron chi connectivity index (χ2n) is 4.43. The van der Waals surface area contributed by atoms with Crippen molar-refractivity contribution >= 4 is 42.0 Å². The molecule has 0 unspecified atom stereocenters. The largest absolute Gasteiger partial charge is 0.379 e. The number of rotatable bonds is 3. The smallest absolute Gasteiger partial charge is 0.341 e. The Bertz CT molecular complexity index is 781. The van der Waals surface area contributed by atoms with Gasteiger partial charge < -0.3 is 4.18 Å². The van der Waals surface area contributed by atoms with Crippen LogP contribution in [-0.4, -0.2) is 8.42 Å². The maximum atomic E-state index is 13.2. The van der Waals surface area contributed by atoms with Crippen LogP contribution >= 0.6 is 31.9 Å². The van der Waals surface area contributed by atoms with Gasteiger partial charge in [-0.15, -0.1) is 0 Å². The summed E-state index contributed by atoms with van der Waals surface area (Å²) in [6, 6.07) is 7.29. The van der Waals surface area contributed by atoms with Crippen molar-refractivity contribution in [3.63, 3.8) is 0 Å². The van der Waals surface area contributed by atoms with Crippen LogP contribution in [0.4, 0.5) is 4.39 Å². The first-order valence-electron chi connectivity index (χ1n) is 5.87. The second kappa shape index (κ2) is 6.06. The summed E-state index contributed by atoms with van der Waals surface area (Å²) < 4.78 is 43.5. The van der Waals surface area contributed by atoms with Gasteiger partial charge in [0.1, 0.15) is 16.5 Å². The Kier molecular flexibility index (Phi) is 4.75. The molecule has 0 saturated carbocycles. The molecule has 2 aromatic carbocycles. The van der Waals surface area contributed by atoms with Crippen molar-refractivity contribution in [3.8, 4) is 5.75 Å². The standard InChI is InChI=1S/C14H11Br2FO3S/c1-8-4-3-5-13(9(8)2)20-21(18,19)14-11(15)6-10(17)7-12(14)16/h3-7H,1-2H3. The summed E-state index contributed by atoms with van der Waals surface area (Å²) >= 11 is 6.10. The van der Waals surface area contributed by atoms with Crippen molar-refractivity contribution in [2.24, 2.45) is 0 Å². The molecule has 2 aromatic rings. The molecule has 0 atom stereocenters. The lowest BCUT2D eigenvalue weighted by molar-refractivity contribution is 0.482. The first-order valence-corrected chi connectivity index (χ1v) is 8.87. The maximum absolute atomic E-state index is 13.2. The molecule has 0 fully saturated rings. The highest BCUT2D eigenvalue weighted by molar-refractivity contribution is 9.11. The van der Waals surface area contributed by atoms with Gasteiger partial charge in [-0.05, 0) is 75.0 Å².